The maximum atomic E-state index is 13.3. The Hall–Kier alpha value is -3.83. The second-order valence-corrected chi connectivity index (χ2v) is 13.0. The first-order valence-corrected chi connectivity index (χ1v) is 15.5. The van der Waals surface area contributed by atoms with E-state index in [9.17, 15) is 9.00 Å². The molecule has 0 amide bonds. The van der Waals surface area contributed by atoms with Crippen LogP contribution in [0.25, 0.3) is 16.9 Å². The van der Waals surface area contributed by atoms with E-state index in [1.54, 1.807) is 47.7 Å². The molecule has 39 heavy (non-hydrogen) atoms. The van der Waals surface area contributed by atoms with E-state index in [-0.39, 0.29) is 12.1 Å². The molecular weight excluding hydrogens is 512 g/mol. The van der Waals surface area contributed by atoms with Gasteiger partial charge in [0.25, 0.3) is 5.56 Å². The highest BCUT2D eigenvalue weighted by atomic mass is 32.2. The van der Waals surface area contributed by atoms with Crippen LogP contribution in [0, 0.1) is 0 Å². The minimum atomic E-state index is -2.41. The highest BCUT2D eigenvalue weighted by Gasteiger charge is 2.28. The van der Waals surface area contributed by atoms with Crippen LogP contribution in [0.3, 0.4) is 0 Å². The molecule has 1 unspecified atom stereocenters. The lowest BCUT2D eigenvalue weighted by Crippen LogP contribution is -2.33. The Balaban J connectivity index is 1.36. The molecule has 3 aromatic heterocycles. The molecule has 1 N–H and O–H groups in total. The van der Waals surface area contributed by atoms with Crippen LogP contribution in [-0.4, -0.2) is 65.1 Å². The molecule has 10 nitrogen and oxygen atoms in total. The molecule has 202 valence electrons. The van der Waals surface area contributed by atoms with Crippen LogP contribution in [-0.2, 0) is 29.1 Å². The summed E-state index contributed by atoms with van der Waals surface area (Å²) in [6.07, 6.45) is 11.0. The standard InChI is InChI=1S/C28H32N8O2S/c1-4-12-35-27(37)23-18-29-28(32-26(23)36(35)25-9-7-8-24(31-25)33-39(2,3)38)30-21-11-10-19-16-22(17-20(19)15-21)34-13-5-6-14-34/h4,7-11,15,18,22H,1,5-6,12-14,16-17H2,2-3H3,(H,29,30,32). The van der Waals surface area contributed by atoms with E-state index in [2.05, 4.69) is 49.3 Å². The quantitative estimate of drug-likeness (QED) is 0.352. The third-order valence-corrected chi connectivity index (χ3v) is 7.88. The predicted octanol–water partition coefficient (Wildman–Crippen LogP) is 3.83. The number of nitrogens with zero attached hydrogens (tertiary/aromatic N) is 7. The zero-order chi connectivity index (χ0) is 27.1. The van der Waals surface area contributed by atoms with Gasteiger partial charge in [0, 0.05) is 40.2 Å². The molecule has 0 radical (unpaired) electrons. The van der Waals surface area contributed by atoms with E-state index in [0.29, 0.717) is 34.7 Å². The zero-order valence-electron chi connectivity index (χ0n) is 22.2. The smallest absolute Gasteiger partial charge is 0.278 e. The first kappa shape index (κ1) is 25.4. The maximum Gasteiger partial charge on any atom is 0.278 e. The summed E-state index contributed by atoms with van der Waals surface area (Å²) in [6, 6.07) is 12.2. The van der Waals surface area contributed by atoms with Crippen molar-refractivity contribution in [3.63, 3.8) is 0 Å². The fraction of sp³-hybridized carbons (Fsp3) is 0.357. The molecule has 1 fully saturated rings. The highest BCUT2D eigenvalue weighted by molar-refractivity contribution is 7.92. The molecule has 1 aliphatic heterocycles. The van der Waals surface area contributed by atoms with Crippen molar-refractivity contribution < 1.29 is 4.21 Å². The average molecular weight is 545 g/mol. The third kappa shape index (κ3) is 5.11. The summed E-state index contributed by atoms with van der Waals surface area (Å²) in [7, 11) is -2.41. The second kappa shape index (κ2) is 10.0. The minimum absolute atomic E-state index is 0.249. The van der Waals surface area contributed by atoms with E-state index in [4.69, 9.17) is 4.98 Å². The number of pyridine rings is 1. The molecule has 2 aliphatic rings. The van der Waals surface area contributed by atoms with Crippen molar-refractivity contribution in [2.24, 2.45) is 4.36 Å². The molecular formula is C28H32N8O2S. The molecule has 1 aliphatic carbocycles. The van der Waals surface area contributed by atoms with Crippen LogP contribution in [0.2, 0.25) is 0 Å². The van der Waals surface area contributed by atoms with Gasteiger partial charge in [-0.05, 0) is 74.2 Å². The van der Waals surface area contributed by atoms with Gasteiger partial charge in [-0.15, -0.1) is 6.58 Å². The van der Waals surface area contributed by atoms with E-state index >= 15 is 0 Å². The monoisotopic (exact) mass is 544 g/mol. The molecule has 1 aromatic carbocycles. The van der Waals surface area contributed by atoms with Crippen molar-refractivity contribution in [2.75, 3.05) is 30.9 Å². The topological polar surface area (TPSA) is 110 Å². The molecule has 0 saturated carbocycles. The number of anilines is 2. The molecule has 1 saturated heterocycles. The average Bonchev–Trinajstić information content (AvgIpc) is 3.62. The number of aromatic nitrogens is 5. The fourth-order valence-electron chi connectivity index (χ4n) is 5.58. The van der Waals surface area contributed by atoms with Gasteiger partial charge in [-0.1, -0.05) is 18.2 Å². The number of hydrogen-bond donors (Lipinski definition) is 1. The lowest BCUT2D eigenvalue weighted by Gasteiger charge is -2.22. The van der Waals surface area contributed by atoms with Crippen molar-refractivity contribution in [1.82, 2.24) is 29.2 Å². The molecule has 11 heteroatoms. The summed E-state index contributed by atoms with van der Waals surface area (Å²) in [5, 5.41) is 3.70. The first-order valence-electron chi connectivity index (χ1n) is 13.2. The molecule has 0 bridgehead atoms. The van der Waals surface area contributed by atoms with Gasteiger partial charge >= 0.3 is 0 Å². The molecule has 4 heterocycles. The van der Waals surface area contributed by atoms with Crippen molar-refractivity contribution in [3.8, 4) is 5.82 Å². The van der Waals surface area contributed by atoms with Gasteiger partial charge in [-0.3, -0.25) is 9.69 Å². The summed E-state index contributed by atoms with van der Waals surface area (Å²) in [4.78, 5) is 29.6. The largest absolute Gasteiger partial charge is 0.324 e. The number of benzene rings is 1. The summed E-state index contributed by atoms with van der Waals surface area (Å²) >= 11 is 0. The van der Waals surface area contributed by atoms with Crippen LogP contribution in [0.5, 0.6) is 0 Å². The fourth-order valence-corrected chi connectivity index (χ4v) is 6.13. The number of fused-ring (bicyclic) bond motifs is 2. The summed E-state index contributed by atoms with van der Waals surface area (Å²) < 4.78 is 19.6. The van der Waals surface area contributed by atoms with Crippen LogP contribution >= 0.6 is 0 Å². The normalized spacial score (nSPS) is 17.4. The van der Waals surface area contributed by atoms with E-state index in [1.165, 1.54) is 41.7 Å². The Kier molecular flexibility index (Phi) is 6.56. The van der Waals surface area contributed by atoms with Crippen LogP contribution in [0.1, 0.15) is 24.0 Å². The van der Waals surface area contributed by atoms with Gasteiger partial charge in [0.05, 0.1) is 6.54 Å². The first-order chi connectivity index (χ1) is 18.8. The second-order valence-electron chi connectivity index (χ2n) is 10.5. The summed E-state index contributed by atoms with van der Waals surface area (Å²) in [5.74, 6) is 1.13. The minimum Gasteiger partial charge on any atom is -0.324 e. The van der Waals surface area contributed by atoms with Crippen molar-refractivity contribution in [1.29, 1.82) is 0 Å². The van der Waals surface area contributed by atoms with Gasteiger partial charge < -0.3 is 5.32 Å². The van der Waals surface area contributed by atoms with Crippen molar-refractivity contribution >= 4 is 38.2 Å². The van der Waals surface area contributed by atoms with Crippen molar-refractivity contribution in [3.05, 3.63) is 76.7 Å². The van der Waals surface area contributed by atoms with Gasteiger partial charge in [0.1, 0.15) is 5.39 Å². The van der Waals surface area contributed by atoms with E-state index < -0.39 is 9.73 Å². The zero-order valence-corrected chi connectivity index (χ0v) is 23.0. The van der Waals surface area contributed by atoms with Crippen molar-refractivity contribution in [2.45, 2.75) is 38.3 Å². The highest BCUT2D eigenvalue weighted by Crippen LogP contribution is 2.30. The lowest BCUT2D eigenvalue weighted by atomic mass is 10.1. The number of rotatable bonds is 7. The maximum absolute atomic E-state index is 13.3. The number of nitrogens with one attached hydrogen (secondary N) is 1. The SMILES string of the molecule is C=CCn1c(=O)c2cnc(Nc3ccc4c(c3)CC(N3CCCC3)C4)nc2n1-c1cccc(N=S(C)(C)=O)n1. The van der Waals surface area contributed by atoms with Crippen LogP contribution in [0.4, 0.5) is 17.5 Å². The van der Waals surface area contributed by atoms with Crippen LogP contribution < -0.4 is 10.9 Å². The molecule has 4 aromatic rings. The third-order valence-electron chi connectivity index (χ3n) is 7.26. The van der Waals surface area contributed by atoms with Gasteiger partial charge in [0.15, 0.2) is 17.3 Å². The Morgan fingerprint density at radius 2 is 1.92 bits per heavy atom. The molecule has 0 spiro atoms. The Bertz CT molecular complexity index is 1750. The number of likely N-dealkylation sites (tertiary alicyclic amines) is 1. The van der Waals surface area contributed by atoms with E-state index in [1.807, 2.05) is 0 Å². The van der Waals surface area contributed by atoms with Crippen LogP contribution in [0.15, 0.2) is 64.4 Å². The van der Waals surface area contributed by atoms with Gasteiger partial charge in [0.2, 0.25) is 5.95 Å². The van der Waals surface area contributed by atoms with Gasteiger partial charge in [-0.25, -0.2) is 23.5 Å². The Morgan fingerprint density at radius 1 is 1.13 bits per heavy atom. The molecule has 1 atom stereocenters. The summed E-state index contributed by atoms with van der Waals surface area (Å²) in [6.45, 7) is 6.45. The van der Waals surface area contributed by atoms with E-state index in [0.717, 1.165) is 18.5 Å². The Morgan fingerprint density at radius 3 is 2.69 bits per heavy atom. The lowest BCUT2D eigenvalue weighted by molar-refractivity contribution is 0.250. The number of allylic oxidation sites excluding steroid dienone is 1. The number of hydrogen-bond acceptors (Lipinski definition) is 8. The Labute approximate surface area is 227 Å². The summed E-state index contributed by atoms with van der Waals surface area (Å²) in [5.41, 5.74) is 3.84. The van der Waals surface area contributed by atoms with Gasteiger partial charge in [-0.2, -0.15) is 9.35 Å². The molecule has 6 rings (SSSR count). The predicted molar refractivity (Wildman–Crippen MR) is 155 cm³/mol.